The molecule has 2 saturated heterocycles. The van der Waals surface area contributed by atoms with Gasteiger partial charge in [0.05, 0.1) is 24.3 Å². The average molecular weight is 317 g/mol. The molecule has 1 aromatic heterocycles. The van der Waals surface area contributed by atoms with Gasteiger partial charge in [0.25, 0.3) is 11.8 Å². The summed E-state index contributed by atoms with van der Waals surface area (Å²) in [5, 5.41) is 0. The minimum atomic E-state index is -0.0775. The number of pyridine rings is 1. The molecule has 0 atom stereocenters. The summed E-state index contributed by atoms with van der Waals surface area (Å²) in [6, 6.07) is 1.68. The summed E-state index contributed by atoms with van der Waals surface area (Å²) in [7, 11) is 0. The lowest BCUT2D eigenvalue weighted by Gasteiger charge is -2.27. The van der Waals surface area contributed by atoms with Gasteiger partial charge in [-0.1, -0.05) is 12.8 Å². The van der Waals surface area contributed by atoms with Crippen molar-refractivity contribution in [1.29, 1.82) is 0 Å². The zero-order chi connectivity index (χ0) is 16.1. The van der Waals surface area contributed by atoms with Gasteiger partial charge in [-0.25, -0.2) is 0 Å². The van der Waals surface area contributed by atoms with Crippen molar-refractivity contribution in [3.8, 4) is 0 Å². The SMILES string of the molecule is O=C(c1cncc(C(=O)N2CCOCC2)c1)N1CCCCCC1. The maximum Gasteiger partial charge on any atom is 0.255 e. The molecule has 0 aromatic carbocycles. The van der Waals surface area contributed by atoms with Gasteiger partial charge in [0, 0.05) is 38.6 Å². The molecule has 0 saturated carbocycles. The minimum Gasteiger partial charge on any atom is -0.378 e. The number of rotatable bonds is 2. The van der Waals surface area contributed by atoms with Gasteiger partial charge < -0.3 is 14.5 Å². The highest BCUT2D eigenvalue weighted by Gasteiger charge is 2.22. The molecule has 0 bridgehead atoms. The summed E-state index contributed by atoms with van der Waals surface area (Å²) >= 11 is 0. The predicted molar refractivity (Wildman–Crippen MR) is 85.3 cm³/mol. The van der Waals surface area contributed by atoms with Crippen LogP contribution in [0.2, 0.25) is 0 Å². The number of ether oxygens (including phenoxy) is 1. The third kappa shape index (κ3) is 3.88. The molecule has 0 N–H and O–H groups in total. The van der Waals surface area contributed by atoms with Gasteiger partial charge in [-0.05, 0) is 18.9 Å². The molecular formula is C17H23N3O3. The number of carbonyl (C=O) groups excluding carboxylic acids is 2. The quantitative estimate of drug-likeness (QED) is 0.830. The zero-order valence-corrected chi connectivity index (χ0v) is 13.4. The fourth-order valence-electron chi connectivity index (χ4n) is 3.08. The van der Waals surface area contributed by atoms with Crippen molar-refractivity contribution in [1.82, 2.24) is 14.8 Å². The Bertz CT molecular complexity index is 562. The molecule has 3 heterocycles. The van der Waals surface area contributed by atoms with Crippen LogP contribution in [-0.4, -0.2) is 66.0 Å². The van der Waals surface area contributed by atoms with E-state index in [1.807, 2.05) is 4.90 Å². The van der Waals surface area contributed by atoms with Crippen LogP contribution in [0.5, 0.6) is 0 Å². The number of nitrogens with zero attached hydrogens (tertiary/aromatic N) is 3. The van der Waals surface area contributed by atoms with Gasteiger partial charge in [-0.3, -0.25) is 14.6 Å². The van der Waals surface area contributed by atoms with Crippen LogP contribution in [0.15, 0.2) is 18.5 Å². The Kier molecular flexibility index (Phi) is 5.23. The van der Waals surface area contributed by atoms with E-state index >= 15 is 0 Å². The van der Waals surface area contributed by atoms with E-state index in [1.54, 1.807) is 17.2 Å². The molecule has 2 aliphatic rings. The van der Waals surface area contributed by atoms with Crippen LogP contribution >= 0.6 is 0 Å². The van der Waals surface area contributed by atoms with Gasteiger partial charge in [0.15, 0.2) is 0 Å². The van der Waals surface area contributed by atoms with Crippen LogP contribution in [-0.2, 0) is 4.74 Å². The third-order valence-corrected chi connectivity index (χ3v) is 4.42. The van der Waals surface area contributed by atoms with Gasteiger partial charge in [-0.2, -0.15) is 0 Å². The fraction of sp³-hybridized carbons (Fsp3) is 0.588. The summed E-state index contributed by atoms with van der Waals surface area (Å²) in [6.07, 6.45) is 7.55. The molecule has 3 rings (SSSR count). The second-order valence-corrected chi connectivity index (χ2v) is 6.07. The summed E-state index contributed by atoms with van der Waals surface area (Å²) in [6.45, 7) is 3.88. The van der Waals surface area contributed by atoms with Gasteiger partial charge in [0.1, 0.15) is 0 Å². The van der Waals surface area contributed by atoms with Crippen molar-refractivity contribution in [2.24, 2.45) is 0 Å². The number of likely N-dealkylation sites (tertiary alicyclic amines) is 1. The first-order valence-corrected chi connectivity index (χ1v) is 8.37. The molecule has 1 aromatic rings. The Morgan fingerprint density at radius 2 is 1.35 bits per heavy atom. The number of morpholine rings is 1. The Hall–Kier alpha value is -1.95. The molecule has 6 heteroatoms. The molecule has 124 valence electrons. The number of hydrogen-bond acceptors (Lipinski definition) is 4. The van der Waals surface area contributed by atoms with E-state index in [9.17, 15) is 9.59 Å². The lowest BCUT2D eigenvalue weighted by Crippen LogP contribution is -2.40. The van der Waals surface area contributed by atoms with Crippen LogP contribution in [0.3, 0.4) is 0 Å². The topological polar surface area (TPSA) is 62.7 Å². The van der Waals surface area contributed by atoms with Crippen molar-refractivity contribution in [3.63, 3.8) is 0 Å². The summed E-state index contributed by atoms with van der Waals surface area (Å²) in [4.78, 5) is 32.9. The van der Waals surface area contributed by atoms with Crippen molar-refractivity contribution < 1.29 is 14.3 Å². The third-order valence-electron chi connectivity index (χ3n) is 4.42. The van der Waals surface area contributed by atoms with Crippen LogP contribution in [0.1, 0.15) is 46.4 Å². The van der Waals surface area contributed by atoms with Crippen molar-refractivity contribution in [2.75, 3.05) is 39.4 Å². The Balaban J connectivity index is 1.73. The summed E-state index contributed by atoms with van der Waals surface area (Å²) in [5.41, 5.74) is 0.985. The molecule has 0 aliphatic carbocycles. The zero-order valence-electron chi connectivity index (χ0n) is 13.4. The van der Waals surface area contributed by atoms with E-state index < -0.39 is 0 Å². The van der Waals surface area contributed by atoms with E-state index in [-0.39, 0.29) is 11.8 Å². The monoisotopic (exact) mass is 317 g/mol. The normalized spacial score (nSPS) is 19.3. The summed E-state index contributed by atoms with van der Waals surface area (Å²) in [5.74, 6) is -0.0951. The van der Waals surface area contributed by atoms with E-state index in [1.165, 1.54) is 19.0 Å². The van der Waals surface area contributed by atoms with Crippen molar-refractivity contribution >= 4 is 11.8 Å². The van der Waals surface area contributed by atoms with Crippen molar-refractivity contribution in [2.45, 2.75) is 25.7 Å². The van der Waals surface area contributed by atoms with Crippen LogP contribution in [0, 0.1) is 0 Å². The van der Waals surface area contributed by atoms with E-state index in [2.05, 4.69) is 4.98 Å². The van der Waals surface area contributed by atoms with E-state index in [0.717, 1.165) is 25.9 Å². The molecule has 2 aliphatic heterocycles. The molecular weight excluding hydrogens is 294 g/mol. The van der Waals surface area contributed by atoms with Crippen LogP contribution < -0.4 is 0 Å². The van der Waals surface area contributed by atoms with Crippen molar-refractivity contribution in [3.05, 3.63) is 29.6 Å². The molecule has 0 unspecified atom stereocenters. The first-order valence-electron chi connectivity index (χ1n) is 8.37. The first-order chi connectivity index (χ1) is 11.3. The van der Waals surface area contributed by atoms with Crippen LogP contribution in [0.4, 0.5) is 0 Å². The Morgan fingerprint density at radius 3 is 1.91 bits per heavy atom. The van der Waals surface area contributed by atoms with E-state index in [4.69, 9.17) is 4.74 Å². The van der Waals surface area contributed by atoms with Gasteiger partial charge in [0.2, 0.25) is 0 Å². The smallest absolute Gasteiger partial charge is 0.255 e. The van der Waals surface area contributed by atoms with Gasteiger partial charge in [-0.15, -0.1) is 0 Å². The second kappa shape index (κ2) is 7.55. The fourth-order valence-corrected chi connectivity index (χ4v) is 3.08. The number of hydrogen-bond donors (Lipinski definition) is 0. The molecule has 2 amide bonds. The number of amides is 2. The highest BCUT2D eigenvalue weighted by atomic mass is 16.5. The standard InChI is InChI=1S/C17H23N3O3/c21-16(19-5-3-1-2-4-6-19)14-11-15(13-18-12-14)17(22)20-7-9-23-10-8-20/h11-13H,1-10H2. The molecule has 0 spiro atoms. The largest absolute Gasteiger partial charge is 0.378 e. The van der Waals surface area contributed by atoms with Gasteiger partial charge >= 0.3 is 0 Å². The Morgan fingerprint density at radius 1 is 0.826 bits per heavy atom. The first kappa shape index (κ1) is 15.9. The highest BCUT2D eigenvalue weighted by molar-refractivity contribution is 5.99. The van der Waals surface area contributed by atoms with Crippen LogP contribution in [0.25, 0.3) is 0 Å². The predicted octanol–water partition coefficient (Wildman–Crippen LogP) is 1.57. The Labute approximate surface area is 136 Å². The second-order valence-electron chi connectivity index (χ2n) is 6.07. The molecule has 0 radical (unpaired) electrons. The highest BCUT2D eigenvalue weighted by Crippen LogP contribution is 2.15. The van der Waals surface area contributed by atoms with E-state index in [0.29, 0.717) is 37.4 Å². The number of carbonyl (C=O) groups is 2. The minimum absolute atomic E-state index is 0.0176. The number of aromatic nitrogens is 1. The summed E-state index contributed by atoms with van der Waals surface area (Å²) < 4.78 is 5.27. The maximum atomic E-state index is 12.6. The molecule has 2 fully saturated rings. The lowest BCUT2D eigenvalue weighted by molar-refractivity contribution is 0.0302. The molecule has 23 heavy (non-hydrogen) atoms. The average Bonchev–Trinajstić information content (AvgIpc) is 2.91. The molecule has 6 nitrogen and oxygen atoms in total. The lowest BCUT2D eigenvalue weighted by atomic mass is 10.1. The maximum absolute atomic E-state index is 12.6.